The maximum absolute atomic E-state index is 11.9. The summed E-state index contributed by atoms with van der Waals surface area (Å²) in [6, 6.07) is 0.472. The Morgan fingerprint density at radius 3 is 2.41 bits per heavy atom. The zero-order valence-corrected chi connectivity index (χ0v) is 14.9. The van der Waals surface area contributed by atoms with Crippen molar-refractivity contribution in [2.24, 2.45) is 17.8 Å². The molecule has 1 saturated carbocycles. The van der Waals surface area contributed by atoms with Crippen molar-refractivity contribution < 1.29 is 9.53 Å². The van der Waals surface area contributed by atoms with Crippen molar-refractivity contribution in [3.8, 4) is 0 Å². The average molecular weight is 308 g/mol. The number of alkyl carbamates (subject to hydrolysis) is 1. The number of amides is 1. The van der Waals surface area contributed by atoms with E-state index in [9.17, 15) is 4.79 Å². The van der Waals surface area contributed by atoms with Crippen LogP contribution >= 0.6 is 0 Å². The fourth-order valence-corrected chi connectivity index (χ4v) is 3.59. The van der Waals surface area contributed by atoms with Gasteiger partial charge in [-0.05, 0) is 72.1 Å². The molecule has 126 valence electrons. The smallest absolute Gasteiger partial charge is 0.408 e. The Hall–Kier alpha value is -1.03. The van der Waals surface area contributed by atoms with Crippen molar-refractivity contribution >= 4 is 6.09 Å². The SMILES string of the molecule is CC(NCC(C)(C)NC(=O)OC(C)(C)C)C1CC2C=CC1C2. The molecule has 0 saturated heterocycles. The molecule has 1 amide bonds. The van der Waals surface area contributed by atoms with Crippen molar-refractivity contribution in [3.63, 3.8) is 0 Å². The van der Waals surface area contributed by atoms with Crippen LogP contribution in [0.5, 0.6) is 0 Å². The Morgan fingerprint density at radius 2 is 1.91 bits per heavy atom. The van der Waals surface area contributed by atoms with Crippen LogP contribution in [0.2, 0.25) is 0 Å². The lowest BCUT2D eigenvalue weighted by Crippen LogP contribution is -2.53. The topological polar surface area (TPSA) is 50.4 Å². The lowest BCUT2D eigenvalue weighted by atomic mass is 9.87. The first-order valence-corrected chi connectivity index (χ1v) is 8.49. The van der Waals surface area contributed by atoms with Gasteiger partial charge in [-0.25, -0.2) is 4.79 Å². The average Bonchev–Trinajstić information content (AvgIpc) is 2.94. The largest absolute Gasteiger partial charge is 0.444 e. The summed E-state index contributed by atoms with van der Waals surface area (Å²) in [7, 11) is 0. The Kier molecular flexibility index (Phi) is 4.90. The molecule has 1 fully saturated rings. The first-order chi connectivity index (χ1) is 10.1. The molecule has 2 aliphatic carbocycles. The van der Waals surface area contributed by atoms with Crippen LogP contribution in [0.3, 0.4) is 0 Å². The highest BCUT2D eigenvalue weighted by Crippen LogP contribution is 2.44. The summed E-state index contributed by atoms with van der Waals surface area (Å²) in [5.74, 6) is 2.27. The summed E-state index contributed by atoms with van der Waals surface area (Å²) in [4.78, 5) is 11.9. The van der Waals surface area contributed by atoms with Crippen molar-refractivity contribution in [3.05, 3.63) is 12.2 Å². The molecule has 4 atom stereocenters. The van der Waals surface area contributed by atoms with E-state index in [4.69, 9.17) is 4.74 Å². The molecule has 0 radical (unpaired) electrons. The van der Waals surface area contributed by atoms with Crippen molar-refractivity contribution in [2.75, 3.05) is 6.54 Å². The van der Waals surface area contributed by atoms with Crippen molar-refractivity contribution in [1.82, 2.24) is 10.6 Å². The van der Waals surface area contributed by atoms with Crippen LogP contribution in [0.25, 0.3) is 0 Å². The molecule has 4 heteroatoms. The van der Waals surface area contributed by atoms with Crippen LogP contribution in [-0.2, 0) is 4.74 Å². The Bertz CT molecular complexity index is 437. The molecule has 0 aromatic rings. The third kappa shape index (κ3) is 4.73. The highest BCUT2D eigenvalue weighted by Gasteiger charge is 2.38. The first-order valence-electron chi connectivity index (χ1n) is 8.49. The lowest BCUT2D eigenvalue weighted by Gasteiger charge is -2.32. The summed E-state index contributed by atoms with van der Waals surface area (Å²) in [5.41, 5.74) is -0.791. The minimum Gasteiger partial charge on any atom is -0.444 e. The van der Waals surface area contributed by atoms with Crippen molar-refractivity contribution in [1.29, 1.82) is 0 Å². The van der Waals surface area contributed by atoms with Gasteiger partial charge in [0, 0.05) is 12.6 Å². The van der Waals surface area contributed by atoms with E-state index in [0.29, 0.717) is 6.04 Å². The molecule has 22 heavy (non-hydrogen) atoms. The van der Waals surface area contributed by atoms with E-state index < -0.39 is 5.60 Å². The molecule has 0 spiro atoms. The summed E-state index contributed by atoms with van der Waals surface area (Å²) in [5, 5.41) is 6.57. The van der Waals surface area contributed by atoms with Gasteiger partial charge in [0.25, 0.3) is 0 Å². The molecular formula is C18H32N2O2. The van der Waals surface area contributed by atoms with E-state index in [-0.39, 0.29) is 11.6 Å². The highest BCUT2D eigenvalue weighted by molar-refractivity contribution is 5.68. The quantitative estimate of drug-likeness (QED) is 0.765. The van der Waals surface area contributed by atoms with E-state index in [1.54, 1.807) is 0 Å². The van der Waals surface area contributed by atoms with E-state index in [0.717, 1.165) is 24.3 Å². The fraction of sp³-hybridized carbons (Fsp3) is 0.833. The highest BCUT2D eigenvalue weighted by atomic mass is 16.6. The van der Waals surface area contributed by atoms with Gasteiger partial charge < -0.3 is 15.4 Å². The molecular weight excluding hydrogens is 276 g/mol. The fourth-order valence-electron chi connectivity index (χ4n) is 3.59. The number of ether oxygens (including phenoxy) is 1. The number of carbonyl (C=O) groups is 1. The maximum Gasteiger partial charge on any atom is 0.408 e. The van der Waals surface area contributed by atoms with E-state index in [1.165, 1.54) is 12.8 Å². The van der Waals surface area contributed by atoms with Gasteiger partial charge in [-0.2, -0.15) is 0 Å². The van der Waals surface area contributed by atoms with Gasteiger partial charge in [0.15, 0.2) is 0 Å². The van der Waals surface area contributed by atoms with Crippen LogP contribution in [0, 0.1) is 17.8 Å². The molecule has 2 bridgehead atoms. The number of hydrogen-bond acceptors (Lipinski definition) is 3. The Balaban J connectivity index is 1.77. The van der Waals surface area contributed by atoms with Gasteiger partial charge in [-0.3, -0.25) is 0 Å². The number of rotatable bonds is 5. The van der Waals surface area contributed by atoms with Crippen molar-refractivity contribution in [2.45, 2.75) is 71.6 Å². The van der Waals surface area contributed by atoms with Gasteiger partial charge in [0.1, 0.15) is 5.60 Å². The van der Waals surface area contributed by atoms with Crippen LogP contribution < -0.4 is 10.6 Å². The number of hydrogen-bond donors (Lipinski definition) is 2. The predicted octanol–water partition coefficient (Wildman–Crippen LogP) is 3.48. The molecule has 2 rings (SSSR count). The molecule has 0 aromatic heterocycles. The zero-order valence-electron chi connectivity index (χ0n) is 14.9. The minimum atomic E-state index is -0.462. The number of carbonyl (C=O) groups excluding carboxylic acids is 1. The third-order valence-electron chi connectivity index (χ3n) is 4.68. The molecule has 0 heterocycles. The van der Waals surface area contributed by atoms with Gasteiger partial charge in [-0.1, -0.05) is 12.2 Å². The second-order valence-electron chi connectivity index (χ2n) is 8.62. The standard InChI is InChI=1S/C18H32N2O2/c1-12(15-10-13-7-8-14(15)9-13)19-11-18(5,6)20-16(21)22-17(2,3)4/h7-8,12-15,19H,9-11H2,1-6H3,(H,20,21). The van der Waals surface area contributed by atoms with Crippen LogP contribution in [0.4, 0.5) is 4.79 Å². The molecule has 0 aromatic carbocycles. The number of nitrogens with one attached hydrogen (secondary N) is 2. The maximum atomic E-state index is 11.9. The molecule has 0 aliphatic heterocycles. The minimum absolute atomic E-state index is 0.329. The Morgan fingerprint density at radius 1 is 1.23 bits per heavy atom. The van der Waals surface area contributed by atoms with E-state index in [2.05, 4.69) is 29.7 Å². The van der Waals surface area contributed by atoms with Gasteiger partial charge in [0.05, 0.1) is 5.54 Å². The Labute approximate surface area is 135 Å². The molecule has 2 aliphatic rings. The van der Waals surface area contributed by atoms with Gasteiger partial charge in [0.2, 0.25) is 0 Å². The summed E-state index contributed by atoms with van der Waals surface area (Å²) in [6.07, 6.45) is 7.05. The van der Waals surface area contributed by atoms with E-state index in [1.807, 2.05) is 34.6 Å². The molecule has 2 N–H and O–H groups in total. The summed E-state index contributed by atoms with van der Waals surface area (Å²) >= 11 is 0. The lowest BCUT2D eigenvalue weighted by molar-refractivity contribution is 0.0469. The molecule has 4 unspecified atom stereocenters. The first kappa shape index (κ1) is 17.3. The summed E-state index contributed by atoms with van der Waals surface area (Å²) < 4.78 is 5.33. The second kappa shape index (κ2) is 6.23. The zero-order chi connectivity index (χ0) is 16.5. The summed E-state index contributed by atoms with van der Waals surface area (Å²) in [6.45, 7) is 12.7. The molecule has 4 nitrogen and oxygen atoms in total. The van der Waals surface area contributed by atoms with Gasteiger partial charge >= 0.3 is 6.09 Å². The monoisotopic (exact) mass is 308 g/mol. The number of allylic oxidation sites excluding steroid dienone is 2. The van der Waals surface area contributed by atoms with Gasteiger partial charge in [-0.15, -0.1) is 0 Å². The van der Waals surface area contributed by atoms with Crippen LogP contribution in [-0.4, -0.2) is 29.8 Å². The third-order valence-corrected chi connectivity index (χ3v) is 4.68. The normalized spacial score (nSPS) is 28.7. The predicted molar refractivity (Wildman–Crippen MR) is 89.8 cm³/mol. The van der Waals surface area contributed by atoms with Crippen LogP contribution in [0.1, 0.15) is 54.4 Å². The van der Waals surface area contributed by atoms with E-state index >= 15 is 0 Å². The van der Waals surface area contributed by atoms with Crippen LogP contribution in [0.15, 0.2) is 12.2 Å². The second-order valence-corrected chi connectivity index (χ2v) is 8.62. The number of fused-ring (bicyclic) bond motifs is 2.